The van der Waals surface area contributed by atoms with E-state index in [-0.39, 0.29) is 37.8 Å². The molecule has 152 valence electrons. The van der Waals surface area contributed by atoms with Crippen molar-refractivity contribution in [2.45, 2.75) is 25.2 Å². The molecule has 2 heterocycles. The Labute approximate surface area is 168 Å². The smallest absolute Gasteiger partial charge is 0.244 e. The van der Waals surface area contributed by atoms with Gasteiger partial charge in [0.15, 0.2) is 0 Å². The summed E-state index contributed by atoms with van der Waals surface area (Å²) in [6.07, 6.45) is 0.187. The van der Waals surface area contributed by atoms with Crippen molar-refractivity contribution in [1.82, 2.24) is 9.21 Å². The van der Waals surface area contributed by atoms with Gasteiger partial charge < -0.3 is 9.64 Å². The molecule has 2 aromatic rings. The third-order valence-corrected chi connectivity index (χ3v) is 7.72. The summed E-state index contributed by atoms with van der Waals surface area (Å²) >= 11 is 1.47. The minimum atomic E-state index is -3.53. The molecule has 0 spiro atoms. The van der Waals surface area contributed by atoms with Crippen LogP contribution in [0, 0.1) is 19.7 Å². The van der Waals surface area contributed by atoms with Crippen molar-refractivity contribution in [3.63, 3.8) is 0 Å². The molecule has 1 fully saturated rings. The van der Waals surface area contributed by atoms with E-state index >= 15 is 0 Å². The first kappa shape index (κ1) is 20.8. The summed E-state index contributed by atoms with van der Waals surface area (Å²) in [4.78, 5) is 16.1. The van der Waals surface area contributed by atoms with Gasteiger partial charge in [0, 0.05) is 35.9 Å². The first-order valence-corrected chi connectivity index (χ1v) is 11.3. The number of benzene rings is 1. The zero-order chi connectivity index (χ0) is 20.3. The second-order valence-electron chi connectivity index (χ2n) is 6.61. The molecule has 1 amide bonds. The maximum absolute atomic E-state index is 12.9. The zero-order valence-electron chi connectivity index (χ0n) is 15.9. The quantitative estimate of drug-likeness (QED) is 0.712. The maximum atomic E-state index is 12.9. The van der Waals surface area contributed by atoms with E-state index in [1.54, 1.807) is 11.0 Å². The average molecular weight is 427 g/mol. The number of rotatable bonds is 6. The highest BCUT2D eigenvalue weighted by Gasteiger charge is 2.31. The molecule has 6 nitrogen and oxygen atoms in total. The lowest BCUT2D eigenvalue weighted by Gasteiger charge is -2.34. The lowest BCUT2D eigenvalue weighted by atomic mass is 10.3. The number of aryl methyl sites for hydroxylation is 2. The van der Waals surface area contributed by atoms with Crippen molar-refractivity contribution in [1.29, 1.82) is 0 Å². The fourth-order valence-electron chi connectivity index (χ4n) is 3.13. The highest BCUT2D eigenvalue weighted by Crippen LogP contribution is 2.28. The van der Waals surface area contributed by atoms with Crippen LogP contribution >= 0.6 is 11.3 Å². The van der Waals surface area contributed by atoms with Crippen molar-refractivity contribution in [3.8, 4) is 5.75 Å². The molecular weight excluding hydrogens is 403 g/mol. The van der Waals surface area contributed by atoms with Gasteiger partial charge in [-0.25, -0.2) is 12.8 Å². The second kappa shape index (κ2) is 8.59. The van der Waals surface area contributed by atoms with Gasteiger partial charge in [0.2, 0.25) is 15.9 Å². The Balaban J connectivity index is 1.49. The Kier molecular flexibility index (Phi) is 6.36. The van der Waals surface area contributed by atoms with E-state index < -0.39 is 10.0 Å². The van der Waals surface area contributed by atoms with E-state index in [9.17, 15) is 17.6 Å². The number of carbonyl (C=O) groups excluding carboxylic acids is 1. The van der Waals surface area contributed by atoms with E-state index in [1.807, 2.05) is 13.8 Å². The van der Waals surface area contributed by atoms with E-state index in [4.69, 9.17) is 4.74 Å². The third kappa shape index (κ3) is 4.71. The lowest BCUT2D eigenvalue weighted by Crippen LogP contribution is -2.50. The standard InChI is InChI=1S/C19H23FN2O4S2/c1-14-13-18(15(2)27-14)28(24,25)22-10-8-21(9-11-22)19(23)7-12-26-17-5-3-16(20)4-6-17/h3-6,13H,7-12H2,1-2H3. The van der Waals surface area contributed by atoms with Crippen molar-refractivity contribution < 1.29 is 22.3 Å². The molecule has 0 atom stereocenters. The number of halogens is 1. The van der Waals surface area contributed by atoms with Crippen LogP contribution in [0.3, 0.4) is 0 Å². The topological polar surface area (TPSA) is 66.9 Å². The van der Waals surface area contributed by atoms with Gasteiger partial charge in [-0.2, -0.15) is 4.31 Å². The third-order valence-electron chi connectivity index (χ3n) is 4.60. The van der Waals surface area contributed by atoms with Gasteiger partial charge in [0.05, 0.1) is 17.9 Å². The van der Waals surface area contributed by atoms with E-state index in [1.165, 1.54) is 39.9 Å². The van der Waals surface area contributed by atoms with Crippen LogP contribution in [0.4, 0.5) is 4.39 Å². The molecule has 28 heavy (non-hydrogen) atoms. The minimum absolute atomic E-state index is 0.0817. The highest BCUT2D eigenvalue weighted by molar-refractivity contribution is 7.89. The zero-order valence-corrected chi connectivity index (χ0v) is 17.5. The largest absolute Gasteiger partial charge is 0.493 e. The lowest BCUT2D eigenvalue weighted by molar-refractivity contribution is -0.132. The fraction of sp³-hybridized carbons (Fsp3) is 0.421. The van der Waals surface area contributed by atoms with Gasteiger partial charge in [-0.3, -0.25) is 4.79 Å². The number of hydrogen-bond acceptors (Lipinski definition) is 5. The Bertz CT molecular complexity index is 933. The molecule has 3 rings (SSSR count). The van der Waals surface area contributed by atoms with Gasteiger partial charge in [0.25, 0.3) is 0 Å². The first-order valence-electron chi connectivity index (χ1n) is 9.00. The number of thiophene rings is 1. The Hall–Kier alpha value is -1.97. The molecule has 1 aliphatic heterocycles. The van der Waals surface area contributed by atoms with Crippen molar-refractivity contribution >= 4 is 27.3 Å². The van der Waals surface area contributed by atoms with Gasteiger partial charge in [0.1, 0.15) is 11.6 Å². The van der Waals surface area contributed by atoms with Crippen LogP contribution in [-0.4, -0.2) is 56.3 Å². The van der Waals surface area contributed by atoms with E-state index in [2.05, 4.69) is 0 Å². The predicted octanol–water partition coefficient (Wildman–Crippen LogP) is 2.81. The highest BCUT2D eigenvalue weighted by atomic mass is 32.2. The summed E-state index contributed by atoms with van der Waals surface area (Å²) in [5, 5.41) is 0. The van der Waals surface area contributed by atoms with Crippen LogP contribution in [0.5, 0.6) is 5.75 Å². The fourth-order valence-corrected chi connectivity index (χ4v) is 6.07. The van der Waals surface area contributed by atoms with Crippen molar-refractivity contribution in [2.24, 2.45) is 0 Å². The number of nitrogens with zero attached hydrogens (tertiary/aromatic N) is 2. The average Bonchev–Trinajstić information content (AvgIpc) is 3.02. The molecule has 1 aliphatic rings. The molecule has 9 heteroatoms. The van der Waals surface area contributed by atoms with Gasteiger partial charge >= 0.3 is 0 Å². The molecule has 0 radical (unpaired) electrons. The van der Waals surface area contributed by atoms with Crippen molar-refractivity contribution in [3.05, 3.63) is 45.9 Å². The molecule has 0 saturated carbocycles. The van der Waals surface area contributed by atoms with Crippen LogP contribution in [0.2, 0.25) is 0 Å². The van der Waals surface area contributed by atoms with Gasteiger partial charge in [-0.15, -0.1) is 11.3 Å². The summed E-state index contributed by atoms with van der Waals surface area (Å²) in [5.74, 6) is 0.0808. The minimum Gasteiger partial charge on any atom is -0.493 e. The number of ether oxygens (including phenoxy) is 1. The number of hydrogen-bond donors (Lipinski definition) is 0. The van der Waals surface area contributed by atoms with Crippen LogP contribution in [-0.2, 0) is 14.8 Å². The van der Waals surface area contributed by atoms with Crippen LogP contribution in [0.1, 0.15) is 16.2 Å². The second-order valence-corrected chi connectivity index (χ2v) is 9.98. The van der Waals surface area contributed by atoms with Crippen molar-refractivity contribution in [2.75, 3.05) is 32.8 Å². The summed E-state index contributed by atoms with van der Waals surface area (Å²) in [7, 11) is -3.53. The Morgan fingerprint density at radius 1 is 1.14 bits per heavy atom. The number of carbonyl (C=O) groups is 1. The Morgan fingerprint density at radius 3 is 2.36 bits per heavy atom. The summed E-state index contributed by atoms with van der Waals surface area (Å²) in [6.45, 7) is 5.17. The number of amides is 1. The molecule has 0 bridgehead atoms. The molecule has 0 aliphatic carbocycles. The maximum Gasteiger partial charge on any atom is 0.244 e. The predicted molar refractivity (Wildman–Crippen MR) is 106 cm³/mol. The SMILES string of the molecule is Cc1cc(S(=O)(=O)N2CCN(C(=O)CCOc3ccc(F)cc3)CC2)c(C)s1. The molecular formula is C19H23FN2O4S2. The summed E-state index contributed by atoms with van der Waals surface area (Å²) in [6, 6.07) is 7.33. The first-order chi connectivity index (χ1) is 13.3. The van der Waals surface area contributed by atoms with Crippen LogP contribution < -0.4 is 4.74 Å². The summed E-state index contributed by atoms with van der Waals surface area (Å²) < 4.78 is 45.4. The normalized spacial score (nSPS) is 15.6. The van der Waals surface area contributed by atoms with E-state index in [0.29, 0.717) is 23.7 Å². The number of piperazine rings is 1. The van der Waals surface area contributed by atoms with Crippen LogP contribution in [0.25, 0.3) is 0 Å². The number of sulfonamides is 1. The Morgan fingerprint density at radius 2 is 1.79 bits per heavy atom. The molecule has 1 saturated heterocycles. The molecule has 1 aromatic carbocycles. The summed E-state index contributed by atoms with van der Waals surface area (Å²) in [5.41, 5.74) is 0. The van der Waals surface area contributed by atoms with Gasteiger partial charge in [-0.05, 0) is 44.2 Å². The van der Waals surface area contributed by atoms with E-state index in [0.717, 1.165) is 9.75 Å². The molecule has 0 unspecified atom stereocenters. The molecule has 0 N–H and O–H groups in total. The molecule has 1 aromatic heterocycles. The van der Waals surface area contributed by atoms with Gasteiger partial charge in [-0.1, -0.05) is 0 Å². The van der Waals surface area contributed by atoms with Crippen LogP contribution in [0.15, 0.2) is 35.2 Å². The monoisotopic (exact) mass is 426 g/mol.